The zero-order chi connectivity index (χ0) is 33.4. The van der Waals surface area contributed by atoms with E-state index in [0.717, 1.165) is 0 Å². The van der Waals surface area contributed by atoms with Crippen LogP contribution in [0.4, 0.5) is 5.95 Å². The van der Waals surface area contributed by atoms with E-state index in [1.165, 1.54) is 31.9 Å². The summed E-state index contributed by atoms with van der Waals surface area (Å²) < 4.78 is 43.9. The van der Waals surface area contributed by atoms with E-state index in [-0.39, 0.29) is 40.8 Å². The molecule has 1 fully saturated rings. The van der Waals surface area contributed by atoms with E-state index in [1.54, 1.807) is 36.5 Å². The van der Waals surface area contributed by atoms with Gasteiger partial charge in [0, 0.05) is 11.6 Å². The van der Waals surface area contributed by atoms with Crippen LogP contribution in [-0.4, -0.2) is 84.9 Å². The number of nitrogens with zero attached hydrogens (tertiary/aromatic N) is 5. The predicted molar refractivity (Wildman–Crippen MR) is 166 cm³/mol. The van der Waals surface area contributed by atoms with Crippen molar-refractivity contribution in [3.63, 3.8) is 0 Å². The van der Waals surface area contributed by atoms with Crippen molar-refractivity contribution < 1.29 is 42.8 Å². The molecule has 16 nitrogen and oxygen atoms in total. The minimum absolute atomic E-state index is 0.104. The second kappa shape index (κ2) is 12.7. The number of imidazole rings is 1. The van der Waals surface area contributed by atoms with Gasteiger partial charge in [0.25, 0.3) is 0 Å². The molecule has 248 valence electrons. The number of nitrogens with two attached hydrogens (primary N) is 1. The summed E-state index contributed by atoms with van der Waals surface area (Å²) in [6.07, 6.45) is -1.01. The molecule has 0 saturated carbocycles. The maximum absolute atomic E-state index is 14.2. The first-order chi connectivity index (χ1) is 21.6. The van der Waals surface area contributed by atoms with Crippen LogP contribution in [0, 0.1) is 5.41 Å². The second-order valence-electron chi connectivity index (χ2n) is 12.4. The fourth-order valence-electron chi connectivity index (χ4n) is 4.81. The van der Waals surface area contributed by atoms with Crippen LogP contribution in [0.15, 0.2) is 42.9 Å². The number of rotatable bonds is 11. The summed E-state index contributed by atoms with van der Waals surface area (Å²) in [5.74, 6) is -0.495. The molecular weight excluding hydrogens is 621 g/mol. The molecule has 0 aliphatic carbocycles. The molecule has 0 radical (unpaired) electrons. The molecule has 3 aromatic heterocycles. The lowest BCUT2D eigenvalue weighted by Gasteiger charge is -2.27. The first-order valence-corrected chi connectivity index (χ1v) is 16.0. The minimum Gasteiger partial charge on any atom is -0.479 e. The molecule has 4 heterocycles. The number of aliphatic hydroxyl groups is 2. The third-order valence-corrected chi connectivity index (χ3v) is 8.81. The number of hydrogen-bond donors (Lipinski definition) is 4. The van der Waals surface area contributed by atoms with E-state index in [2.05, 4.69) is 25.0 Å². The molecule has 46 heavy (non-hydrogen) atoms. The second-order valence-corrected chi connectivity index (χ2v) is 14.1. The Hall–Kier alpha value is -3.92. The highest BCUT2D eigenvalue weighted by molar-refractivity contribution is 7.52. The normalized spacial score (nSPS) is 23.7. The third kappa shape index (κ3) is 7.07. The number of ether oxygens (including phenoxy) is 3. The van der Waals surface area contributed by atoms with Gasteiger partial charge in [0.2, 0.25) is 11.8 Å². The molecule has 1 aromatic carbocycles. The average molecular weight is 660 g/mol. The van der Waals surface area contributed by atoms with E-state index >= 15 is 0 Å². The Bertz CT molecular complexity index is 1780. The maximum Gasteiger partial charge on any atom is 0.459 e. The van der Waals surface area contributed by atoms with Gasteiger partial charge in [0.1, 0.15) is 29.6 Å². The standard InChI is InChI=1S/C29H38N7O9P/c1-16(25(38)42-14-28(2,3)4)35-46(40,45-18-9-10-19-17(12-18)8-7-11-31-19)43-13-20-22(37)29(5,39)26(44-20)36-15-32-21-23(36)33-27(30)34-24(21)41-6/h7-12,15-16,20,22,26,37,39H,13-14H2,1-6H3,(H,35,40)(H2,30,33,34)/t16-,20+,22+,26?,29+,46?/m0/s1. The van der Waals surface area contributed by atoms with Gasteiger partial charge in [-0.3, -0.25) is 18.9 Å². The molecule has 17 heteroatoms. The van der Waals surface area contributed by atoms with Crippen LogP contribution in [0.3, 0.4) is 0 Å². The Morgan fingerprint density at radius 1 is 1.26 bits per heavy atom. The fourth-order valence-corrected chi connectivity index (χ4v) is 6.31. The Labute approximate surface area is 264 Å². The summed E-state index contributed by atoms with van der Waals surface area (Å²) in [4.78, 5) is 29.5. The summed E-state index contributed by atoms with van der Waals surface area (Å²) in [6, 6.07) is 7.30. The Morgan fingerprint density at radius 2 is 2.02 bits per heavy atom. The highest BCUT2D eigenvalue weighted by atomic mass is 31.2. The minimum atomic E-state index is -4.37. The van der Waals surface area contributed by atoms with Gasteiger partial charge in [-0.15, -0.1) is 0 Å². The lowest BCUT2D eigenvalue weighted by atomic mass is 9.96. The highest BCUT2D eigenvalue weighted by Crippen LogP contribution is 2.47. The van der Waals surface area contributed by atoms with E-state index in [9.17, 15) is 19.6 Å². The molecule has 5 rings (SSSR count). The molecule has 0 amide bonds. The topological polar surface area (TPSA) is 215 Å². The molecular formula is C29H38N7O9P. The van der Waals surface area contributed by atoms with Gasteiger partial charge in [-0.25, -0.2) is 9.55 Å². The van der Waals surface area contributed by atoms with Crippen LogP contribution in [0.25, 0.3) is 22.1 Å². The van der Waals surface area contributed by atoms with Crippen molar-refractivity contribution in [1.82, 2.24) is 29.6 Å². The Morgan fingerprint density at radius 3 is 2.74 bits per heavy atom. The fraction of sp³-hybridized carbons (Fsp3) is 0.483. The van der Waals surface area contributed by atoms with Gasteiger partial charge in [0.05, 0.1) is 32.2 Å². The maximum atomic E-state index is 14.2. The number of hydrogen-bond acceptors (Lipinski definition) is 14. The van der Waals surface area contributed by atoms with Crippen molar-refractivity contribution in [2.45, 2.75) is 64.7 Å². The Balaban J connectivity index is 1.38. The van der Waals surface area contributed by atoms with Crippen LogP contribution in [-0.2, 0) is 23.4 Å². The number of nitrogen functional groups attached to an aromatic ring is 1. The summed E-state index contributed by atoms with van der Waals surface area (Å²) >= 11 is 0. The molecule has 0 bridgehead atoms. The SMILES string of the molecule is COc1nc(N)nc2c1ncn2C1O[C@H](COP(=O)(N[C@@H](C)C(=O)OCC(C)(C)C)Oc2ccc3ncccc3c2)[C@@H](O)[C@@]1(C)O. The average Bonchev–Trinajstić information content (AvgIpc) is 3.50. The summed E-state index contributed by atoms with van der Waals surface area (Å²) in [7, 11) is -2.97. The van der Waals surface area contributed by atoms with E-state index in [1.807, 2.05) is 20.8 Å². The highest BCUT2D eigenvalue weighted by Gasteiger charge is 2.54. The van der Waals surface area contributed by atoms with Gasteiger partial charge >= 0.3 is 13.7 Å². The van der Waals surface area contributed by atoms with Crippen LogP contribution < -0.4 is 20.1 Å². The van der Waals surface area contributed by atoms with Gasteiger partial charge < -0.3 is 34.7 Å². The van der Waals surface area contributed by atoms with Crippen molar-refractivity contribution in [1.29, 1.82) is 0 Å². The molecule has 4 aromatic rings. The van der Waals surface area contributed by atoms with Gasteiger partial charge in [-0.1, -0.05) is 26.8 Å². The number of aliphatic hydroxyl groups excluding tert-OH is 1. The van der Waals surface area contributed by atoms with Crippen LogP contribution in [0.2, 0.25) is 0 Å². The molecule has 2 unspecified atom stereocenters. The van der Waals surface area contributed by atoms with Crippen LogP contribution >= 0.6 is 7.75 Å². The Kier molecular flexibility index (Phi) is 9.23. The number of fused-ring (bicyclic) bond motifs is 2. The third-order valence-electron chi connectivity index (χ3n) is 7.17. The van der Waals surface area contributed by atoms with Crippen LogP contribution in [0.1, 0.15) is 40.8 Å². The van der Waals surface area contributed by atoms with Crippen molar-refractivity contribution in [2.24, 2.45) is 5.41 Å². The molecule has 0 spiro atoms. The largest absolute Gasteiger partial charge is 0.479 e. The van der Waals surface area contributed by atoms with Crippen molar-refractivity contribution in [3.05, 3.63) is 42.9 Å². The van der Waals surface area contributed by atoms with Crippen molar-refractivity contribution in [2.75, 3.05) is 26.1 Å². The number of carbonyl (C=O) groups is 1. The first-order valence-electron chi connectivity index (χ1n) is 14.4. The zero-order valence-corrected chi connectivity index (χ0v) is 27.2. The lowest BCUT2D eigenvalue weighted by Crippen LogP contribution is -2.44. The number of methoxy groups -OCH3 is 1. The van der Waals surface area contributed by atoms with Gasteiger partial charge in [0.15, 0.2) is 17.4 Å². The monoisotopic (exact) mass is 659 g/mol. The van der Waals surface area contributed by atoms with Crippen LogP contribution in [0.5, 0.6) is 11.6 Å². The summed E-state index contributed by atoms with van der Waals surface area (Å²) in [5, 5.41) is 25.8. The number of nitrogens with one attached hydrogen (secondary N) is 1. The van der Waals surface area contributed by atoms with E-state index in [4.69, 9.17) is 29.0 Å². The number of pyridine rings is 1. The smallest absolute Gasteiger partial charge is 0.459 e. The number of aromatic nitrogens is 5. The van der Waals surface area contributed by atoms with Crippen molar-refractivity contribution in [3.8, 4) is 11.6 Å². The number of benzene rings is 1. The quantitative estimate of drug-likeness (QED) is 0.134. The number of esters is 1. The summed E-state index contributed by atoms with van der Waals surface area (Å²) in [6.45, 7) is 8.15. The zero-order valence-electron chi connectivity index (χ0n) is 26.3. The van der Waals surface area contributed by atoms with Gasteiger partial charge in [-0.2, -0.15) is 15.1 Å². The molecule has 6 atom stereocenters. The molecule has 5 N–H and O–H groups in total. The summed E-state index contributed by atoms with van der Waals surface area (Å²) in [5.41, 5.74) is 4.77. The first kappa shape index (κ1) is 33.4. The molecule has 1 saturated heterocycles. The van der Waals surface area contributed by atoms with Crippen molar-refractivity contribution >= 4 is 41.7 Å². The molecule has 1 aliphatic rings. The van der Waals surface area contributed by atoms with E-state index in [0.29, 0.717) is 10.9 Å². The number of carbonyl (C=O) groups excluding carboxylic acids is 1. The van der Waals surface area contributed by atoms with E-state index < -0.39 is 50.4 Å². The lowest BCUT2D eigenvalue weighted by molar-refractivity contribution is -0.148. The molecule has 1 aliphatic heterocycles. The number of anilines is 1. The predicted octanol–water partition coefficient (Wildman–Crippen LogP) is 2.75. The van der Waals surface area contributed by atoms with Gasteiger partial charge in [-0.05, 0) is 43.5 Å².